The number of halogens is 1. The molecule has 4 heteroatoms. The summed E-state index contributed by atoms with van der Waals surface area (Å²) in [6.45, 7) is 0. The van der Waals surface area contributed by atoms with E-state index in [1.807, 2.05) is 43.7 Å². The highest BCUT2D eigenvalue weighted by molar-refractivity contribution is 6.30. The molecule has 0 saturated heterocycles. The van der Waals surface area contributed by atoms with Gasteiger partial charge >= 0.3 is 0 Å². The molecule has 1 aromatic carbocycles. The van der Waals surface area contributed by atoms with Crippen molar-refractivity contribution >= 4 is 11.6 Å². The third-order valence-corrected chi connectivity index (χ3v) is 2.94. The predicted molar refractivity (Wildman–Crippen MR) is 69.0 cm³/mol. The second-order valence-electron chi connectivity index (χ2n) is 3.84. The van der Waals surface area contributed by atoms with Crippen molar-refractivity contribution < 1.29 is 0 Å². The lowest BCUT2D eigenvalue weighted by Crippen LogP contribution is -2.19. The zero-order valence-corrected chi connectivity index (χ0v) is 10.4. The van der Waals surface area contributed by atoms with E-state index in [1.165, 1.54) is 5.56 Å². The highest BCUT2D eigenvalue weighted by Crippen LogP contribution is 2.18. The van der Waals surface area contributed by atoms with Crippen molar-refractivity contribution in [1.82, 2.24) is 15.3 Å². The van der Waals surface area contributed by atoms with Crippen LogP contribution in [0, 0.1) is 0 Å². The van der Waals surface area contributed by atoms with Crippen molar-refractivity contribution in [3.05, 3.63) is 59.1 Å². The molecule has 1 unspecified atom stereocenters. The highest BCUT2D eigenvalue weighted by Gasteiger charge is 2.10. The van der Waals surface area contributed by atoms with E-state index < -0.39 is 0 Å². The molecule has 3 nitrogen and oxygen atoms in total. The second-order valence-corrected chi connectivity index (χ2v) is 4.28. The van der Waals surface area contributed by atoms with Crippen molar-refractivity contribution in [2.24, 2.45) is 0 Å². The molecule has 1 N–H and O–H groups in total. The molecule has 1 heterocycles. The first-order chi connectivity index (χ1) is 8.29. The summed E-state index contributed by atoms with van der Waals surface area (Å²) in [7, 11) is 1.94. The van der Waals surface area contributed by atoms with Gasteiger partial charge in [-0.2, -0.15) is 0 Å². The molecule has 1 aromatic heterocycles. The number of nitrogens with zero attached hydrogens (tertiary/aromatic N) is 2. The van der Waals surface area contributed by atoms with Crippen LogP contribution in [-0.4, -0.2) is 17.0 Å². The Morgan fingerprint density at radius 1 is 1.18 bits per heavy atom. The fourth-order valence-corrected chi connectivity index (χ4v) is 1.86. The first kappa shape index (κ1) is 12.0. The molecule has 0 amide bonds. The van der Waals surface area contributed by atoms with Crippen LogP contribution in [-0.2, 0) is 6.42 Å². The standard InChI is InChI=1S/C13H14ClN3/c1-15-13(11-7-16-9-17-8-11)6-10-2-4-12(14)5-3-10/h2-5,7-9,13,15H,6H2,1H3. The minimum atomic E-state index is 0.220. The summed E-state index contributed by atoms with van der Waals surface area (Å²) in [4.78, 5) is 8.07. The molecule has 0 spiro atoms. The maximum Gasteiger partial charge on any atom is 0.115 e. The fraction of sp³-hybridized carbons (Fsp3) is 0.231. The topological polar surface area (TPSA) is 37.8 Å². The molecule has 0 aliphatic rings. The fourth-order valence-electron chi connectivity index (χ4n) is 1.73. The summed E-state index contributed by atoms with van der Waals surface area (Å²) in [5, 5.41) is 4.03. The molecule has 0 fully saturated rings. The molecule has 88 valence electrons. The van der Waals surface area contributed by atoms with Gasteiger partial charge < -0.3 is 5.32 Å². The number of hydrogen-bond donors (Lipinski definition) is 1. The number of likely N-dealkylation sites (N-methyl/N-ethyl adjacent to an activating group) is 1. The Hall–Kier alpha value is -1.45. The van der Waals surface area contributed by atoms with Crippen LogP contribution < -0.4 is 5.32 Å². The number of nitrogens with one attached hydrogen (secondary N) is 1. The van der Waals surface area contributed by atoms with E-state index in [4.69, 9.17) is 11.6 Å². The van der Waals surface area contributed by atoms with E-state index in [1.54, 1.807) is 6.33 Å². The minimum absolute atomic E-state index is 0.220. The molecule has 17 heavy (non-hydrogen) atoms. The van der Waals surface area contributed by atoms with Crippen molar-refractivity contribution in [1.29, 1.82) is 0 Å². The van der Waals surface area contributed by atoms with Gasteiger partial charge in [0.15, 0.2) is 0 Å². The predicted octanol–water partition coefficient (Wildman–Crippen LogP) is 2.63. The minimum Gasteiger partial charge on any atom is -0.313 e. The zero-order valence-electron chi connectivity index (χ0n) is 9.60. The monoisotopic (exact) mass is 247 g/mol. The Morgan fingerprint density at radius 3 is 2.41 bits per heavy atom. The summed E-state index contributed by atoms with van der Waals surface area (Å²) >= 11 is 5.86. The molecular formula is C13H14ClN3. The van der Waals surface area contributed by atoms with Crippen molar-refractivity contribution in [2.75, 3.05) is 7.05 Å². The van der Waals surface area contributed by atoms with E-state index in [9.17, 15) is 0 Å². The largest absolute Gasteiger partial charge is 0.313 e. The van der Waals surface area contributed by atoms with E-state index in [-0.39, 0.29) is 6.04 Å². The molecular weight excluding hydrogens is 234 g/mol. The average Bonchev–Trinajstić information content (AvgIpc) is 2.39. The molecule has 0 saturated carbocycles. The number of benzene rings is 1. The number of aromatic nitrogens is 2. The molecule has 0 bridgehead atoms. The van der Waals surface area contributed by atoms with Crippen LogP contribution in [0.25, 0.3) is 0 Å². The Kier molecular flexibility index (Phi) is 4.07. The van der Waals surface area contributed by atoms with E-state index >= 15 is 0 Å². The third kappa shape index (κ3) is 3.25. The maximum absolute atomic E-state index is 5.86. The highest BCUT2D eigenvalue weighted by atomic mass is 35.5. The van der Waals surface area contributed by atoms with Crippen LogP contribution in [0.1, 0.15) is 17.2 Å². The third-order valence-electron chi connectivity index (χ3n) is 2.68. The smallest absolute Gasteiger partial charge is 0.115 e. The lowest BCUT2D eigenvalue weighted by atomic mass is 10.0. The normalized spacial score (nSPS) is 12.4. The first-order valence-electron chi connectivity index (χ1n) is 5.46. The van der Waals surface area contributed by atoms with Gasteiger partial charge in [0.25, 0.3) is 0 Å². The van der Waals surface area contributed by atoms with Gasteiger partial charge in [-0.1, -0.05) is 23.7 Å². The Morgan fingerprint density at radius 2 is 1.82 bits per heavy atom. The molecule has 0 radical (unpaired) electrons. The second kappa shape index (κ2) is 5.75. The van der Waals surface area contributed by atoms with Crippen LogP contribution in [0.5, 0.6) is 0 Å². The average molecular weight is 248 g/mol. The summed E-state index contributed by atoms with van der Waals surface area (Å²) in [6, 6.07) is 8.11. The van der Waals surface area contributed by atoms with Crippen LogP contribution >= 0.6 is 11.6 Å². The maximum atomic E-state index is 5.86. The van der Waals surface area contributed by atoms with Crippen LogP contribution in [0.2, 0.25) is 5.02 Å². The summed E-state index contributed by atoms with van der Waals surface area (Å²) in [5.41, 5.74) is 2.32. The first-order valence-corrected chi connectivity index (χ1v) is 5.84. The van der Waals surface area contributed by atoms with Crippen molar-refractivity contribution in [2.45, 2.75) is 12.5 Å². The van der Waals surface area contributed by atoms with E-state index in [2.05, 4.69) is 15.3 Å². The van der Waals surface area contributed by atoms with Gasteiger partial charge in [0.2, 0.25) is 0 Å². The van der Waals surface area contributed by atoms with Crippen molar-refractivity contribution in [3.63, 3.8) is 0 Å². The lowest BCUT2D eigenvalue weighted by molar-refractivity contribution is 0.587. The van der Waals surface area contributed by atoms with Crippen molar-refractivity contribution in [3.8, 4) is 0 Å². The Bertz CT molecular complexity index is 456. The molecule has 0 aliphatic carbocycles. The summed E-state index contributed by atoms with van der Waals surface area (Å²) < 4.78 is 0. The molecule has 2 rings (SSSR count). The van der Waals surface area contributed by atoms with Gasteiger partial charge in [-0.25, -0.2) is 9.97 Å². The lowest BCUT2D eigenvalue weighted by Gasteiger charge is -2.15. The van der Waals surface area contributed by atoms with E-state index in [0.29, 0.717) is 0 Å². The molecule has 0 aliphatic heterocycles. The Labute approximate surface area is 106 Å². The van der Waals surface area contributed by atoms with Gasteiger partial charge in [0.05, 0.1) is 0 Å². The van der Waals surface area contributed by atoms with Gasteiger partial charge in [-0.15, -0.1) is 0 Å². The van der Waals surface area contributed by atoms with E-state index in [0.717, 1.165) is 17.0 Å². The number of rotatable bonds is 4. The van der Waals surface area contributed by atoms with Gasteiger partial charge in [0.1, 0.15) is 6.33 Å². The zero-order chi connectivity index (χ0) is 12.1. The van der Waals surface area contributed by atoms with Crippen LogP contribution in [0.4, 0.5) is 0 Å². The van der Waals surface area contributed by atoms with Gasteiger partial charge in [0, 0.05) is 29.0 Å². The quantitative estimate of drug-likeness (QED) is 0.903. The van der Waals surface area contributed by atoms with Gasteiger partial charge in [-0.05, 0) is 31.2 Å². The van der Waals surface area contributed by atoms with Gasteiger partial charge in [-0.3, -0.25) is 0 Å². The molecule has 2 aromatic rings. The molecule has 1 atom stereocenters. The van der Waals surface area contributed by atoms with Crippen LogP contribution in [0.15, 0.2) is 43.0 Å². The number of hydrogen-bond acceptors (Lipinski definition) is 3. The summed E-state index contributed by atoms with van der Waals surface area (Å²) in [6.07, 6.45) is 6.10. The SMILES string of the molecule is CNC(Cc1ccc(Cl)cc1)c1cncnc1. The summed E-state index contributed by atoms with van der Waals surface area (Å²) in [5.74, 6) is 0. The van der Waals surface area contributed by atoms with Crippen LogP contribution in [0.3, 0.4) is 0 Å². The Balaban J connectivity index is 2.13.